The number of rotatable bonds is 5. The van der Waals surface area contributed by atoms with Crippen LogP contribution in [0, 0.1) is 0 Å². The minimum atomic E-state index is -0.977. The van der Waals surface area contributed by atoms with E-state index in [1.54, 1.807) is 6.20 Å². The maximum atomic E-state index is 11.2. The Kier molecular flexibility index (Phi) is 3.78. The summed E-state index contributed by atoms with van der Waals surface area (Å²) < 4.78 is 7.30. The fourth-order valence-electron chi connectivity index (χ4n) is 2.81. The van der Waals surface area contributed by atoms with Crippen LogP contribution in [-0.4, -0.2) is 25.8 Å². The van der Waals surface area contributed by atoms with Gasteiger partial charge in [0.05, 0.1) is 10.9 Å². The van der Waals surface area contributed by atoms with Gasteiger partial charge in [-0.2, -0.15) is 5.10 Å². The molecule has 25 heavy (non-hydrogen) atoms. The van der Waals surface area contributed by atoms with E-state index in [4.69, 9.17) is 4.74 Å². The molecule has 124 valence electrons. The number of carboxylic acid groups (broad SMARTS) is 1. The lowest BCUT2D eigenvalue weighted by Gasteiger charge is -2.08. The third kappa shape index (κ3) is 2.89. The predicted octanol–water partition coefficient (Wildman–Crippen LogP) is 3.25. The predicted molar refractivity (Wildman–Crippen MR) is 93.4 cm³/mol. The smallest absolute Gasteiger partial charge is 0.325 e. The molecule has 2 heterocycles. The number of hydrogen-bond donors (Lipinski definition) is 1. The maximum Gasteiger partial charge on any atom is 0.325 e. The molecular formula is C19H15N3O3. The van der Waals surface area contributed by atoms with E-state index in [2.05, 4.69) is 10.1 Å². The number of ether oxygens (including phenoxy) is 1. The molecule has 4 rings (SSSR count). The van der Waals surface area contributed by atoms with Gasteiger partial charge in [-0.05, 0) is 11.6 Å². The van der Waals surface area contributed by atoms with Crippen molar-refractivity contribution < 1.29 is 14.6 Å². The van der Waals surface area contributed by atoms with Crippen molar-refractivity contribution in [3.05, 3.63) is 66.4 Å². The molecule has 0 aliphatic heterocycles. The van der Waals surface area contributed by atoms with Gasteiger partial charge in [0.2, 0.25) is 5.88 Å². The zero-order valence-corrected chi connectivity index (χ0v) is 13.3. The van der Waals surface area contributed by atoms with E-state index in [0.29, 0.717) is 23.4 Å². The molecule has 0 atom stereocenters. The second kappa shape index (κ2) is 6.24. The van der Waals surface area contributed by atoms with Gasteiger partial charge in [0.25, 0.3) is 0 Å². The van der Waals surface area contributed by atoms with Gasteiger partial charge in [-0.25, -0.2) is 4.68 Å². The van der Waals surface area contributed by atoms with E-state index in [-0.39, 0.29) is 6.54 Å². The van der Waals surface area contributed by atoms with Gasteiger partial charge in [0.15, 0.2) is 0 Å². The molecule has 0 saturated heterocycles. The van der Waals surface area contributed by atoms with E-state index in [1.807, 2.05) is 54.6 Å². The lowest BCUT2D eigenvalue weighted by Crippen LogP contribution is -2.12. The number of aliphatic carboxylic acids is 1. The number of hydrogen-bond acceptors (Lipinski definition) is 4. The van der Waals surface area contributed by atoms with E-state index >= 15 is 0 Å². The first kappa shape index (κ1) is 15.1. The van der Waals surface area contributed by atoms with Crippen LogP contribution in [0.5, 0.6) is 5.88 Å². The minimum absolute atomic E-state index is 0.271. The molecule has 0 spiro atoms. The molecule has 2 aromatic carbocycles. The first-order chi connectivity index (χ1) is 12.2. The van der Waals surface area contributed by atoms with Crippen LogP contribution in [0.15, 0.2) is 60.8 Å². The first-order valence-electron chi connectivity index (χ1n) is 7.85. The molecule has 0 aliphatic carbocycles. The Hall–Kier alpha value is -3.41. The van der Waals surface area contributed by atoms with Crippen molar-refractivity contribution in [2.45, 2.75) is 13.2 Å². The summed E-state index contributed by atoms with van der Waals surface area (Å²) in [6.07, 6.45) is 1.68. The highest BCUT2D eigenvalue weighted by atomic mass is 16.5. The minimum Gasteiger partial charge on any atom is -0.480 e. The Bertz CT molecular complexity index is 1060. The van der Waals surface area contributed by atoms with E-state index < -0.39 is 5.97 Å². The van der Waals surface area contributed by atoms with Gasteiger partial charge < -0.3 is 9.84 Å². The molecule has 0 bridgehead atoms. The molecule has 0 saturated carbocycles. The zero-order valence-electron chi connectivity index (χ0n) is 13.3. The van der Waals surface area contributed by atoms with Gasteiger partial charge in [-0.15, -0.1) is 0 Å². The van der Waals surface area contributed by atoms with E-state index in [9.17, 15) is 9.90 Å². The number of aromatic nitrogens is 3. The third-order valence-electron chi connectivity index (χ3n) is 3.94. The number of nitrogens with zero attached hydrogens (tertiary/aromatic N) is 3. The quantitative estimate of drug-likeness (QED) is 0.606. The van der Waals surface area contributed by atoms with Gasteiger partial charge in [-0.3, -0.25) is 9.78 Å². The van der Waals surface area contributed by atoms with Crippen molar-refractivity contribution in [2.75, 3.05) is 0 Å². The molecular weight excluding hydrogens is 318 g/mol. The molecule has 0 radical (unpaired) electrons. The van der Waals surface area contributed by atoms with Crippen molar-refractivity contribution >= 4 is 27.8 Å². The summed E-state index contributed by atoms with van der Waals surface area (Å²) in [4.78, 5) is 15.6. The molecule has 0 aliphatic rings. The molecule has 0 unspecified atom stereocenters. The largest absolute Gasteiger partial charge is 0.480 e. The molecule has 6 nitrogen and oxygen atoms in total. The number of benzene rings is 2. The highest BCUT2D eigenvalue weighted by molar-refractivity contribution is 6.04. The highest BCUT2D eigenvalue weighted by Crippen LogP contribution is 2.30. The normalized spacial score (nSPS) is 11.0. The van der Waals surface area contributed by atoms with Crippen molar-refractivity contribution in [3.63, 3.8) is 0 Å². The van der Waals surface area contributed by atoms with Crippen LogP contribution in [0.2, 0.25) is 0 Å². The molecule has 4 aromatic rings. The van der Waals surface area contributed by atoms with E-state index in [1.165, 1.54) is 4.68 Å². The third-order valence-corrected chi connectivity index (χ3v) is 3.94. The molecule has 2 aromatic heterocycles. The number of pyridine rings is 1. The second-order valence-electron chi connectivity index (χ2n) is 5.67. The van der Waals surface area contributed by atoms with Crippen molar-refractivity contribution in [1.29, 1.82) is 0 Å². The summed E-state index contributed by atoms with van der Waals surface area (Å²) >= 11 is 0. The lowest BCUT2D eigenvalue weighted by molar-refractivity contribution is -0.138. The highest BCUT2D eigenvalue weighted by Gasteiger charge is 2.17. The van der Waals surface area contributed by atoms with Crippen LogP contribution >= 0.6 is 0 Å². The first-order valence-corrected chi connectivity index (χ1v) is 7.85. The standard InChI is InChI=1S/C19H15N3O3/c23-17(24)11-22-19(25-12-13-6-2-1-3-7-13)15-10-20-16-9-5-4-8-14(16)18(15)21-22/h1-10H,11-12H2,(H,23,24). The Labute approximate surface area is 143 Å². The van der Waals surface area contributed by atoms with Crippen LogP contribution < -0.4 is 4.74 Å². The summed E-state index contributed by atoms with van der Waals surface area (Å²) in [6, 6.07) is 17.3. The zero-order chi connectivity index (χ0) is 17.2. The van der Waals surface area contributed by atoms with Crippen molar-refractivity contribution in [3.8, 4) is 5.88 Å². The van der Waals surface area contributed by atoms with Crippen LogP contribution in [0.3, 0.4) is 0 Å². The average Bonchev–Trinajstić information content (AvgIpc) is 2.97. The number of para-hydroxylation sites is 1. The lowest BCUT2D eigenvalue weighted by atomic mass is 10.2. The fourth-order valence-corrected chi connectivity index (χ4v) is 2.81. The Morgan fingerprint density at radius 3 is 2.60 bits per heavy atom. The van der Waals surface area contributed by atoms with E-state index in [0.717, 1.165) is 16.5 Å². The summed E-state index contributed by atoms with van der Waals surface area (Å²) in [5.74, 6) is -0.561. The molecule has 0 amide bonds. The maximum absolute atomic E-state index is 11.2. The van der Waals surface area contributed by atoms with Gasteiger partial charge in [0.1, 0.15) is 18.7 Å². The molecule has 0 fully saturated rings. The van der Waals surface area contributed by atoms with Crippen LogP contribution in [0.25, 0.3) is 21.8 Å². The van der Waals surface area contributed by atoms with Gasteiger partial charge in [-0.1, -0.05) is 48.5 Å². The molecule has 6 heteroatoms. The number of carbonyl (C=O) groups is 1. The fraction of sp³-hybridized carbons (Fsp3) is 0.105. The average molecular weight is 333 g/mol. The Balaban J connectivity index is 1.82. The summed E-state index contributed by atoms with van der Waals surface area (Å²) in [7, 11) is 0. The summed E-state index contributed by atoms with van der Waals surface area (Å²) in [5, 5.41) is 15.2. The second-order valence-corrected chi connectivity index (χ2v) is 5.67. The van der Waals surface area contributed by atoms with Crippen LogP contribution in [0.4, 0.5) is 0 Å². The summed E-state index contributed by atoms with van der Waals surface area (Å²) in [6.45, 7) is 0.0568. The van der Waals surface area contributed by atoms with Gasteiger partial charge >= 0.3 is 5.97 Å². The summed E-state index contributed by atoms with van der Waals surface area (Å²) in [5.41, 5.74) is 2.49. The molecule has 1 N–H and O–H groups in total. The SMILES string of the molecule is O=C(O)Cn1nc2c(cnc3ccccc32)c1OCc1ccccc1. The van der Waals surface area contributed by atoms with Crippen LogP contribution in [0.1, 0.15) is 5.56 Å². The van der Waals surface area contributed by atoms with Crippen molar-refractivity contribution in [1.82, 2.24) is 14.8 Å². The Morgan fingerprint density at radius 2 is 1.80 bits per heavy atom. The Morgan fingerprint density at radius 1 is 1.04 bits per heavy atom. The number of fused-ring (bicyclic) bond motifs is 3. The van der Waals surface area contributed by atoms with Gasteiger partial charge in [0, 0.05) is 11.6 Å². The monoisotopic (exact) mass is 333 g/mol. The van der Waals surface area contributed by atoms with Crippen molar-refractivity contribution in [2.24, 2.45) is 0 Å². The van der Waals surface area contributed by atoms with Crippen LogP contribution in [-0.2, 0) is 17.9 Å². The topological polar surface area (TPSA) is 77.2 Å². The number of carboxylic acids is 1.